The first-order valence-electron chi connectivity index (χ1n) is 10.7. The highest BCUT2D eigenvalue weighted by Gasteiger charge is 2.38. The summed E-state index contributed by atoms with van der Waals surface area (Å²) in [6.07, 6.45) is 0. The van der Waals surface area contributed by atoms with Crippen LogP contribution in [0.2, 0.25) is 0 Å². The van der Waals surface area contributed by atoms with E-state index in [4.69, 9.17) is 0 Å². The van der Waals surface area contributed by atoms with Gasteiger partial charge < -0.3 is 10.1 Å². The Morgan fingerprint density at radius 1 is 0.742 bits per heavy atom. The summed E-state index contributed by atoms with van der Waals surface area (Å²) in [4.78, 5) is 3.51. The third-order valence-electron chi connectivity index (χ3n) is 5.57. The molecule has 0 saturated carbocycles. The Kier molecular flexibility index (Phi) is 5.25. The van der Waals surface area contributed by atoms with Gasteiger partial charge in [0, 0.05) is 16.3 Å². The zero-order chi connectivity index (χ0) is 22.2. The van der Waals surface area contributed by atoms with Crippen molar-refractivity contribution in [1.82, 2.24) is 4.98 Å². The molecule has 1 aromatic heterocycles. The fraction of sp³-hybridized carbons (Fsp3) is 0.241. The van der Waals surface area contributed by atoms with Gasteiger partial charge in [0.05, 0.1) is 11.3 Å². The highest BCUT2D eigenvalue weighted by Crippen LogP contribution is 2.40. The monoisotopic (exact) mass is 407 g/mol. The smallest absolute Gasteiger partial charge is 0.156 e. The van der Waals surface area contributed by atoms with Gasteiger partial charge >= 0.3 is 0 Å². The molecule has 0 spiro atoms. The number of aromatic amines is 1. The lowest BCUT2D eigenvalue weighted by Gasteiger charge is -2.29. The van der Waals surface area contributed by atoms with Gasteiger partial charge in [0.25, 0.3) is 0 Å². The van der Waals surface area contributed by atoms with Crippen molar-refractivity contribution >= 4 is 10.9 Å². The fourth-order valence-electron chi connectivity index (χ4n) is 3.84. The summed E-state index contributed by atoms with van der Waals surface area (Å²) in [6, 6.07) is 24.3. The van der Waals surface area contributed by atoms with E-state index < -0.39 is 5.60 Å². The molecular weight excluding hydrogens is 378 g/mol. The molecule has 0 fully saturated rings. The molecule has 31 heavy (non-hydrogen) atoms. The predicted molar refractivity (Wildman–Crippen MR) is 129 cm³/mol. The lowest BCUT2D eigenvalue weighted by Crippen LogP contribution is -2.30. The van der Waals surface area contributed by atoms with Gasteiger partial charge in [-0.25, -0.2) is 0 Å². The van der Waals surface area contributed by atoms with Gasteiger partial charge in [0.15, 0.2) is 5.60 Å². The van der Waals surface area contributed by atoms with Crippen LogP contribution in [-0.4, -0.2) is 10.1 Å². The third-order valence-corrected chi connectivity index (χ3v) is 5.57. The number of nitrogens with one attached hydrogen (secondary N) is 1. The molecule has 0 amide bonds. The summed E-state index contributed by atoms with van der Waals surface area (Å²) in [5.41, 5.74) is 4.93. The number of fused-ring (bicyclic) bond motifs is 1. The van der Waals surface area contributed by atoms with Crippen molar-refractivity contribution in [2.75, 3.05) is 0 Å². The van der Waals surface area contributed by atoms with Crippen molar-refractivity contribution in [2.24, 2.45) is 5.41 Å². The van der Waals surface area contributed by atoms with Gasteiger partial charge in [0.2, 0.25) is 0 Å². The maximum atomic E-state index is 12.4. The largest absolute Gasteiger partial charge is 0.374 e. The Morgan fingerprint density at radius 3 is 1.77 bits per heavy atom. The van der Waals surface area contributed by atoms with Crippen molar-refractivity contribution in [3.05, 3.63) is 106 Å². The summed E-state index contributed by atoms with van der Waals surface area (Å²) in [7, 11) is 0. The van der Waals surface area contributed by atoms with Crippen LogP contribution in [0.3, 0.4) is 0 Å². The van der Waals surface area contributed by atoms with Gasteiger partial charge in [-0.3, -0.25) is 0 Å². The molecule has 0 bridgehead atoms. The second kappa shape index (κ2) is 7.76. The first-order valence-corrected chi connectivity index (χ1v) is 10.7. The summed E-state index contributed by atoms with van der Waals surface area (Å²) in [5, 5.41) is 13.4. The van der Waals surface area contributed by atoms with Crippen LogP contribution in [-0.2, 0) is 5.60 Å². The van der Waals surface area contributed by atoms with Crippen molar-refractivity contribution in [1.29, 1.82) is 0 Å². The Bertz CT molecular complexity index is 1230. The number of aliphatic hydroxyl groups is 1. The van der Waals surface area contributed by atoms with Crippen LogP contribution in [0.15, 0.2) is 72.8 Å². The van der Waals surface area contributed by atoms with Crippen LogP contribution in [0.1, 0.15) is 54.3 Å². The number of hydrogen-bond donors (Lipinski definition) is 2. The summed E-state index contributed by atoms with van der Waals surface area (Å²) < 4.78 is 0. The van der Waals surface area contributed by atoms with Crippen LogP contribution >= 0.6 is 0 Å². The number of hydrogen-bond acceptors (Lipinski definition) is 1. The van der Waals surface area contributed by atoms with E-state index >= 15 is 0 Å². The molecule has 2 heteroatoms. The highest BCUT2D eigenvalue weighted by molar-refractivity contribution is 5.88. The van der Waals surface area contributed by atoms with Gasteiger partial charge in [0.1, 0.15) is 0 Å². The van der Waals surface area contributed by atoms with E-state index in [0.717, 1.165) is 38.7 Å². The molecule has 4 aromatic rings. The van der Waals surface area contributed by atoms with Crippen molar-refractivity contribution < 1.29 is 5.11 Å². The maximum Gasteiger partial charge on any atom is 0.156 e. The average Bonchev–Trinajstić information content (AvgIpc) is 3.11. The molecule has 0 atom stereocenters. The molecule has 4 rings (SSSR count). The van der Waals surface area contributed by atoms with E-state index in [2.05, 4.69) is 57.5 Å². The normalized spacial score (nSPS) is 11.9. The lowest BCUT2D eigenvalue weighted by molar-refractivity contribution is 0.121. The number of benzene rings is 3. The Labute approximate surface area is 185 Å². The molecule has 0 unspecified atom stereocenters. The SMILES string of the molecule is Cc1ccc(C(O)(c2ccc(C)cc2)c2[nH]c3ccccc3c2C#CC(C)(C)C)cc1. The quantitative estimate of drug-likeness (QED) is 0.375. The number of aromatic nitrogens is 1. The van der Waals surface area contributed by atoms with E-state index in [0.29, 0.717) is 5.69 Å². The molecule has 0 radical (unpaired) electrons. The second-order valence-electron chi connectivity index (χ2n) is 9.36. The zero-order valence-corrected chi connectivity index (χ0v) is 18.9. The van der Waals surface area contributed by atoms with Crippen molar-refractivity contribution in [3.63, 3.8) is 0 Å². The Morgan fingerprint density at radius 2 is 1.26 bits per heavy atom. The molecule has 0 aliphatic rings. The van der Waals surface area contributed by atoms with Gasteiger partial charge in [-0.05, 0) is 51.8 Å². The molecular formula is C29H29NO. The first-order chi connectivity index (χ1) is 14.7. The minimum atomic E-state index is -1.36. The second-order valence-corrected chi connectivity index (χ2v) is 9.36. The molecule has 0 aliphatic carbocycles. The fourth-order valence-corrected chi connectivity index (χ4v) is 3.84. The van der Waals surface area contributed by atoms with Crippen LogP contribution < -0.4 is 0 Å². The van der Waals surface area contributed by atoms with Gasteiger partial charge in [-0.1, -0.05) is 89.7 Å². The molecule has 2 nitrogen and oxygen atoms in total. The lowest BCUT2D eigenvalue weighted by atomic mass is 9.81. The summed E-state index contributed by atoms with van der Waals surface area (Å²) >= 11 is 0. The molecule has 3 aromatic carbocycles. The van der Waals surface area contributed by atoms with Crippen molar-refractivity contribution in [2.45, 2.75) is 40.2 Å². The minimum absolute atomic E-state index is 0.151. The van der Waals surface area contributed by atoms with Crippen LogP contribution in [0, 0.1) is 31.1 Å². The predicted octanol–water partition coefficient (Wildman–Crippen LogP) is 6.47. The van der Waals surface area contributed by atoms with E-state index in [1.807, 2.05) is 66.7 Å². The van der Waals surface area contributed by atoms with E-state index in [1.165, 1.54) is 0 Å². The highest BCUT2D eigenvalue weighted by atomic mass is 16.3. The molecule has 0 saturated heterocycles. The number of H-pyrrole nitrogens is 1. The standard InChI is InChI=1S/C29H29NO/c1-20-10-14-22(15-11-20)29(31,23-16-12-21(2)13-17-23)27-25(18-19-28(3,4)5)24-8-6-7-9-26(24)30-27/h6-17,30-31H,1-5H3. The molecule has 0 aliphatic heterocycles. The molecule has 1 heterocycles. The Balaban J connectivity index is 2.07. The van der Waals surface area contributed by atoms with Gasteiger partial charge in [-0.2, -0.15) is 0 Å². The summed E-state index contributed by atoms with van der Waals surface area (Å²) in [6.45, 7) is 10.4. The minimum Gasteiger partial charge on any atom is -0.374 e. The zero-order valence-electron chi connectivity index (χ0n) is 18.9. The van der Waals surface area contributed by atoms with Crippen LogP contribution in [0.5, 0.6) is 0 Å². The van der Waals surface area contributed by atoms with Crippen LogP contribution in [0.25, 0.3) is 10.9 Å². The van der Waals surface area contributed by atoms with E-state index in [-0.39, 0.29) is 5.41 Å². The van der Waals surface area contributed by atoms with E-state index in [1.54, 1.807) is 0 Å². The topological polar surface area (TPSA) is 36.0 Å². The van der Waals surface area contributed by atoms with E-state index in [9.17, 15) is 5.11 Å². The number of aryl methyl sites for hydroxylation is 2. The maximum absolute atomic E-state index is 12.4. The van der Waals surface area contributed by atoms with Gasteiger partial charge in [-0.15, -0.1) is 0 Å². The number of rotatable bonds is 3. The average molecular weight is 408 g/mol. The third kappa shape index (κ3) is 4.02. The first kappa shape index (κ1) is 21.0. The number of para-hydroxylation sites is 1. The summed E-state index contributed by atoms with van der Waals surface area (Å²) in [5.74, 6) is 6.77. The molecule has 156 valence electrons. The van der Waals surface area contributed by atoms with Crippen molar-refractivity contribution in [3.8, 4) is 11.8 Å². The Hall–Kier alpha value is -3.28. The van der Waals surface area contributed by atoms with Crippen LogP contribution in [0.4, 0.5) is 0 Å². The molecule has 2 N–H and O–H groups in total.